The van der Waals surface area contributed by atoms with Crippen LogP contribution in [0.15, 0.2) is 76.8 Å². The lowest BCUT2D eigenvalue weighted by Gasteiger charge is -2.53. The molecule has 5 nitrogen and oxygen atoms in total. The van der Waals surface area contributed by atoms with E-state index in [1.54, 1.807) is 30.3 Å². The highest BCUT2D eigenvalue weighted by Gasteiger charge is 2.64. The van der Waals surface area contributed by atoms with Crippen molar-refractivity contribution < 1.29 is 24.2 Å². The Morgan fingerprint density at radius 2 is 1.63 bits per heavy atom. The molecule has 1 fully saturated rings. The van der Waals surface area contributed by atoms with Gasteiger partial charge in [-0.3, -0.25) is 9.59 Å². The number of carbonyl (C=O) groups is 3. The van der Waals surface area contributed by atoms with Crippen LogP contribution >= 0.6 is 0 Å². The number of allylic oxidation sites excluding steroid dienone is 8. The molecule has 1 saturated carbocycles. The highest BCUT2D eigenvalue weighted by Crippen LogP contribution is 2.59. The third-order valence-electron chi connectivity index (χ3n) is 8.18. The molecule has 5 heteroatoms. The first-order chi connectivity index (χ1) is 17.8. The number of benzene rings is 1. The zero-order valence-corrected chi connectivity index (χ0v) is 23.9. The van der Waals surface area contributed by atoms with Crippen molar-refractivity contribution in [2.24, 2.45) is 22.7 Å². The molecule has 2 aliphatic rings. The maximum absolute atomic E-state index is 14.0. The summed E-state index contributed by atoms with van der Waals surface area (Å²) in [6, 6.07) is 8.35. The summed E-state index contributed by atoms with van der Waals surface area (Å²) < 4.78 is 5.56. The minimum Gasteiger partial charge on any atom is -0.507 e. The lowest BCUT2D eigenvalue weighted by molar-refractivity contribution is -0.157. The molecule has 3 rings (SSSR count). The number of ketones is 2. The van der Waals surface area contributed by atoms with Crippen molar-refractivity contribution in [1.29, 1.82) is 0 Å². The molecule has 0 saturated heterocycles. The Kier molecular flexibility index (Phi) is 9.01. The van der Waals surface area contributed by atoms with Crippen molar-refractivity contribution in [3.05, 3.63) is 82.4 Å². The van der Waals surface area contributed by atoms with Crippen LogP contribution < -0.4 is 0 Å². The van der Waals surface area contributed by atoms with Crippen LogP contribution in [0, 0.1) is 22.7 Å². The normalized spacial score (nSPS) is 24.7. The van der Waals surface area contributed by atoms with Gasteiger partial charge >= 0.3 is 5.97 Å². The van der Waals surface area contributed by atoms with Crippen LogP contribution in [-0.4, -0.2) is 22.6 Å². The van der Waals surface area contributed by atoms with Crippen molar-refractivity contribution in [2.45, 2.75) is 80.6 Å². The maximum Gasteiger partial charge on any atom is 0.343 e. The van der Waals surface area contributed by atoms with Gasteiger partial charge in [0.15, 0.2) is 11.5 Å². The van der Waals surface area contributed by atoms with E-state index in [1.807, 2.05) is 33.8 Å². The van der Waals surface area contributed by atoms with Gasteiger partial charge in [-0.2, -0.15) is 0 Å². The van der Waals surface area contributed by atoms with Crippen molar-refractivity contribution in [3.8, 4) is 0 Å². The van der Waals surface area contributed by atoms with Gasteiger partial charge in [0.05, 0.1) is 16.9 Å². The van der Waals surface area contributed by atoms with Crippen LogP contribution in [0.3, 0.4) is 0 Å². The quantitative estimate of drug-likeness (QED) is 0.204. The van der Waals surface area contributed by atoms with Gasteiger partial charge in [0.2, 0.25) is 11.5 Å². The SMILES string of the molecule is CC(C)=CCC/C(C)=C/C[C@@H]1C[C@]2(CC=C(C)C)C(=O)[C@@H](C(=O)C(OC(=O)c3ccccc3)=C2O)C1(C)C. The molecule has 0 heterocycles. The van der Waals surface area contributed by atoms with Gasteiger partial charge in [0, 0.05) is 0 Å². The van der Waals surface area contributed by atoms with E-state index >= 15 is 0 Å². The van der Waals surface area contributed by atoms with Crippen molar-refractivity contribution in [1.82, 2.24) is 0 Å². The summed E-state index contributed by atoms with van der Waals surface area (Å²) in [6.07, 6.45) is 9.62. The molecular formula is C33H42O5. The van der Waals surface area contributed by atoms with Crippen molar-refractivity contribution in [3.63, 3.8) is 0 Å². The summed E-state index contributed by atoms with van der Waals surface area (Å²) in [4.78, 5) is 40.6. The fraction of sp³-hybridized carbons (Fsp3) is 0.485. The molecule has 0 aliphatic heterocycles. The van der Waals surface area contributed by atoms with E-state index in [0.717, 1.165) is 18.4 Å². The minimum absolute atomic E-state index is 0.0216. The predicted molar refractivity (Wildman–Crippen MR) is 150 cm³/mol. The van der Waals surface area contributed by atoms with Crippen molar-refractivity contribution >= 4 is 17.5 Å². The zero-order chi connectivity index (χ0) is 28.3. The molecule has 0 radical (unpaired) electrons. The van der Waals surface area contributed by atoms with Crippen LogP contribution in [0.2, 0.25) is 0 Å². The van der Waals surface area contributed by atoms with E-state index in [2.05, 4.69) is 32.9 Å². The summed E-state index contributed by atoms with van der Waals surface area (Å²) in [6.45, 7) is 14.1. The second kappa shape index (κ2) is 11.7. The highest BCUT2D eigenvalue weighted by molar-refractivity contribution is 6.17. The molecule has 0 aromatic heterocycles. The van der Waals surface area contributed by atoms with Gasteiger partial charge in [0.1, 0.15) is 0 Å². The van der Waals surface area contributed by atoms with E-state index in [0.29, 0.717) is 12.8 Å². The molecule has 204 valence electrons. The Hall–Kier alpha value is -3.21. The molecule has 1 N–H and O–H groups in total. The van der Waals surface area contributed by atoms with Gasteiger partial charge < -0.3 is 9.84 Å². The molecule has 2 bridgehead atoms. The fourth-order valence-corrected chi connectivity index (χ4v) is 5.67. The van der Waals surface area contributed by atoms with Crippen LogP contribution in [0.1, 0.15) is 90.9 Å². The van der Waals surface area contributed by atoms with Gasteiger partial charge in [-0.15, -0.1) is 0 Å². The Labute approximate surface area is 227 Å². The monoisotopic (exact) mass is 518 g/mol. The molecule has 0 amide bonds. The third-order valence-corrected chi connectivity index (χ3v) is 8.18. The van der Waals surface area contributed by atoms with Gasteiger partial charge in [-0.25, -0.2) is 4.79 Å². The Balaban J connectivity index is 2.03. The number of aliphatic hydroxyl groups excluding tert-OH is 1. The van der Waals surface area contributed by atoms with E-state index in [4.69, 9.17) is 4.74 Å². The summed E-state index contributed by atoms with van der Waals surface area (Å²) in [5, 5.41) is 11.5. The first-order valence-electron chi connectivity index (χ1n) is 13.5. The van der Waals surface area contributed by atoms with Gasteiger partial charge in [0.25, 0.3) is 0 Å². The number of aliphatic hydroxyl groups is 1. The number of hydrogen-bond donors (Lipinski definition) is 1. The second-order valence-corrected chi connectivity index (χ2v) is 12.0. The summed E-state index contributed by atoms with van der Waals surface area (Å²) in [7, 11) is 0. The van der Waals surface area contributed by atoms with Crippen LogP contribution in [0.25, 0.3) is 0 Å². The third kappa shape index (κ3) is 5.92. The van der Waals surface area contributed by atoms with E-state index < -0.39 is 34.3 Å². The first-order valence-corrected chi connectivity index (χ1v) is 13.5. The number of esters is 1. The molecule has 2 aliphatic carbocycles. The Bertz CT molecular complexity index is 1200. The largest absolute Gasteiger partial charge is 0.507 e. The molecular weight excluding hydrogens is 476 g/mol. The average Bonchev–Trinajstić information content (AvgIpc) is 2.85. The lowest BCUT2D eigenvalue weighted by Crippen LogP contribution is -2.59. The lowest BCUT2D eigenvalue weighted by atomic mass is 9.48. The molecule has 0 spiro atoms. The van der Waals surface area contributed by atoms with Crippen LogP contribution in [-0.2, 0) is 14.3 Å². The minimum atomic E-state index is -1.30. The molecule has 0 unspecified atom stereocenters. The fourth-order valence-electron chi connectivity index (χ4n) is 5.67. The standard InChI is InChI=1S/C33H42O5/c1-21(2)12-11-13-23(5)16-17-25-20-33(19-18-22(3)4)29(35)26(32(25,6)7)27(34)28(30(33)36)38-31(37)24-14-9-8-10-15-24/h8-10,12,14-16,18,25-26,36H,11,13,17,19-20H2,1-7H3/b23-16+/t25-,26-,33-/m1/s1. The Morgan fingerprint density at radius 1 is 1.00 bits per heavy atom. The Morgan fingerprint density at radius 3 is 2.24 bits per heavy atom. The molecule has 38 heavy (non-hydrogen) atoms. The van der Waals surface area contributed by atoms with Crippen molar-refractivity contribution in [2.75, 3.05) is 0 Å². The maximum atomic E-state index is 14.0. The summed E-state index contributed by atoms with van der Waals surface area (Å²) in [5.41, 5.74) is 1.86. The first kappa shape index (κ1) is 29.3. The second-order valence-electron chi connectivity index (χ2n) is 12.0. The topological polar surface area (TPSA) is 80.7 Å². The van der Waals surface area contributed by atoms with E-state index in [-0.39, 0.29) is 29.4 Å². The predicted octanol–water partition coefficient (Wildman–Crippen LogP) is 7.85. The van der Waals surface area contributed by atoms with Gasteiger partial charge in [-0.1, -0.05) is 67.0 Å². The number of ether oxygens (including phenoxy) is 1. The average molecular weight is 519 g/mol. The number of rotatable bonds is 9. The molecule has 1 aromatic rings. The summed E-state index contributed by atoms with van der Waals surface area (Å²) in [5.74, 6) is -3.42. The van der Waals surface area contributed by atoms with E-state index in [1.165, 1.54) is 11.1 Å². The zero-order valence-electron chi connectivity index (χ0n) is 23.9. The highest BCUT2D eigenvalue weighted by atomic mass is 16.5. The van der Waals surface area contributed by atoms with Crippen LogP contribution in [0.4, 0.5) is 0 Å². The number of Topliss-reactive ketones (excluding diaryl/α,β-unsaturated/α-hetero) is 2. The summed E-state index contributed by atoms with van der Waals surface area (Å²) >= 11 is 0. The molecule has 3 atom stereocenters. The number of carbonyl (C=O) groups excluding carboxylic acids is 3. The molecule has 1 aromatic carbocycles. The van der Waals surface area contributed by atoms with Gasteiger partial charge in [-0.05, 0) is 90.2 Å². The number of fused-ring (bicyclic) bond motifs is 2. The van der Waals surface area contributed by atoms with E-state index in [9.17, 15) is 19.5 Å². The smallest absolute Gasteiger partial charge is 0.343 e. The number of hydrogen-bond acceptors (Lipinski definition) is 5. The van der Waals surface area contributed by atoms with Crippen LogP contribution in [0.5, 0.6) is 0 Å².